The Morgan fingerprint density at radius 2 is 2.09 bits per heavy atom. The van der Waals surface area contributed by atoms with Crippen molar-refractivity contribution >= 4 is 34.7 Å². The van der Waals surface area contributed by atoms with Gasteiger partial charge in [-0.25, -0.2) is 9.31 Å². The van der Waals surface area contributed by atoms with E-state index >= 15 is 0 Å². The second-order valence-corrected chi connectivity index (χ2v) is 6.63. The third-order valence-electron chi connectivity index (χ3n) is 3.02. The molecule has 0 aliphatic heterocycles. The summed E-state index contributed by atoms with van der Waals surface area (Å²) >= 11 is 6.15. The standard InChI is InChI=1S/C16H20ClN3O3/c1-5-6-14(21)10-8-18-20-9-11(17)12(7-13(10)20)19-15(22)23-16(2,3)4/h7-9H,5-6H2,1-4H3,(H,19,22). The fourth-order valence-electron chi connectivity index (χ4n) is 2.09. The molecule has 2 aromatic rings. The zero-order valence-corrected chi connectivity index (χ0v) is 14.4. The quantitative estimate of drug-likeness (QED) is 0.843. The smallest absolute Gasteiger partial charge is 0.412 e. The summed E-state index contributed by atoms with van der Waals surface area (Å²) in [5.74, 6) is 0.00744. The summed E-state index contributed by atoms with van der Waals surface area (Å²) < 4.78 is 6.73. The first-order valence-corrected chi connectivity index (χ1v) is 7.79. The van der Waals surface area contributed by atoms with Crippen LogP contribution in [0.15, 0.2) is 18.5 Å². The summed E-state index contributed by atoms with van der Waals surface area (Å²) in [6.45, 7) is 7.26. The first-order valence-electron chi connectivity index (χ1n) is 7.41. The lowest BCUT2D eigenvalue weighted by atomic mass is 10.1. The van der Waals surface area contributed by atoms with Crippen molar-refractivity contribution in [2.75, 3.05) is 5.32 Å². The third-order valence-corrected chi connectivity index (χ3v) is 3.32. The van der Waals surface area contributed by atoms with Crippen molar-refractivity contribution in [3.05, 3.63) is 29.0 Å². The number of carbonyl (C=O) groups excluding carboxylic acids is 2. The van der Waals surface area contributed by atoms with Crippen molar-refractivity contribution in [3.8, 4) is 0 Å². The highest BCUT2D eigenvalue weighted by Crippen LogP contribution is 2.26. The molecule has 2 aromatic heterocycles. The van der Waals surface area contributed by atoms with E-state index in [1.807, 2.05) is 6.92 Å². The van der Waals surface area contributed by atoms with Crippen LogP contribution in [0.2, 0.25) is 5.02 Å². The molecule has 6 nitrogen and oxygen atoms in total. The van der Waals surface area contributed by atoms with Crippen molar-refractivity contribution < 1.29 is 14.3 Å². The molecule has 7 heteroatoms. The van der Waals surface area contributed by atoms with Crippen LogP contribution in [0.4, 0.5) is 10.5 Å². The third kappa shape index (κ3) is 4.22. The lowest BCUT2D eigenvalue weighted by Gasteiger charge is -2.20. The van der Waals surface area contributed by atoms with Gasteiger partial charge in [-0.2, -0.15) is 5.10 Å². The Balaban J connectivity index is 2.33. The largest absolute Gasteiger partial charge is 0.444 e. The topological polar surface area (TPSA) is 72.7 Å². The first-order chi connectivity index (χ1) is 10.7. The lowest BCUT2D eigenvalue weighted by Crippen LogP contribution is -2.27. The summed E-state index contributed by atoms with van der Waals surface area (Å²) in [5.41, 5.74) is 0.869. The molecule has 2 heterocycles. The predicted octanol–water partition coefficient (Wildman–Crippen LogP) is 4.32. The molecule has 0 saturated heterocycles. The summed E-state index contributed by atoms with van der Waals surface area (Å²) in [6.07, 6.45) is 3.66. The number of nitrogens with one attached hydrogen (secondary N) is 1. The van der Waals surface area contributed by atoms with Crippen LogP contribution < -0.4 is 5.32 Å². The molecule has 0 unspecified atom stereocenters. The molecule has 0 saturated carbocycles. The van der Waals surface area contributed by atoms with Gasteiger partial charge in [-0.15, -0.1) is 0 Å². The number of halogens is 1. The molecule has 0 fully saturated rings. The number of hydrogen-bond acceptors (Lipinski definition) is 4. The van der Waals surface area contributed by atoms with E-state index < -0.39 is 11.7 Å². The molecule has 0 aromatic carbocycles. The summed E-state index contributed by atoms with van der Waals surface area (Å²) in [7, 11) is 0. The molecule has 0 bridgehead atoms. The summed E-state index contributed by atoms with van der Waals surface area (Å²) in [5, 5.41) is 7.04. The molecule has 1 amide bonds. The van der Waals surface area contributed by atoms with Crippen molar-refractivity contribution in [2.24, 2.45) is 0 Å². The fraction of sp³-hybridized carbons (Fsp3) is 0.438. The number of carbonyl (C=O) groups is 2. The number of ketones is 1. The number of rotatable bonds is 4. The normalized spacial score (nSPS) is 11.5. The molecule has 2 rings (SSSR count). The molecule has 0 radical (unpaired) electrons. The second kappa shape index (κ2) is 6.58. The van der Waals surface area contributed by atoms with Crippen molar-refractivity contribution in [3.63, 3.8) is 0 Å². The van der Waals surface area contributed by atoms with Gasteiger partial charge in [-0.3, -0.25) is 10.1 Å². The Labute approximate surface area is 139 Å². The maximum Gasteiger partial charge on any atom is 0.412 e. The number of Topliss-reactive ketones (excluding diaryl/α,β-unsaturated/α-hetero) is 1. The second-order valence-electron chi connectivity index (χ2n) is 6.22. The van der Waals surface area contributed by atoms with Gasteiger partial charge in [-0.05, 0) is 33.3 Å². The first kappa shape index (κ1) is 17.3. The minimum Gasteiger partial charge on any atom is -0.444 e. The zero-order valence-electron chi connectivity index (χ0n) is 13.6. The van der Waals surface area contributed by atoms with Crippen LogP contribution in [0.25, 0.3) is 5.52 Å². The van der Waals surface area contributed by atoms with Crippen LogP contribution >= 0.6 is 11.6 Å². The van der Waals surface area contributed by atoms with E-state index in [-0.39, 0.29) is 5.78 Å². The van der Waals surface area contributed by atoms with Gasteiger partial charge in [0.15, 0.2) is 5.78 Å². The van der Waals surface area contributed by atoms with Gasteiger partial charge in [0.1, 0.15) is 5.60 Å². The minimum atomic E-state index is -0.612. The summed E-state index contributed by atoms with van der Waals surface area (Å²) in [6, 6.07) is 1.63. The van der Waals surface area contributed by atoms with Crippen LogP contribution in [0, 0.1) is 0 Å². The van der Waals surface area contributed by atoms with Crippen LogP contribution in [0.3, 0.4) is 0 Å². The Morgan fingerprint density at radius 1 is 1.39 bits per heavy atom. The van der Waals surface area contributed by atoms with Crippen molar-refractivity contribution in [1.29, 1.82) is 0 Å². The van der Waals surface area contributed by atoms with Gasteiger partial charge in [0.05, 0.1) is 28.0 Å². The van der Waals surface area contributed by atoms with E-state index in [4.69, 9.17) is 16.3 Å². The molecule has 0 spiro atoms. The summed E-state index contributed by atoms with van der Waals surface area (Å²) in [4.78, 5) is 24.0. The minimum absolute atomic E-state index is 0.00744. The van der Waals surface area contributed by atoms with Crippen LogP contribution in [-0.4, -0.2) is 27.1 Å². The van der Waals surface area contributed by atoms with Crippen molar-refractivity contribution in [2.45, 2.75) is 46.1 Å². The van der Waals surface area contributed by atoms with Crippen LogP contribution in [0.1, 0.15) is 50.9 Å². The number of nitrogens with zero attached hydrogens (tertiary/aromatic N) is 2. The fourth-order valence-corrected chi connectivity index (χ4v) is 2.28. The van der Waals surface area contributed by atoms with Gasteiger partial charge in [0, 0.05) is 12.6 Å². The predicted molar refractivity (Wildman–Crippen MR) is 89.3 cm³/mol. The van der Waals surface area contributed by atoms with Gasteiger partial charge < -0.3 is 4.74 Å². The number of hydrogen-bond donors (Lipinski definition) is 1. The Hall–Kier alpha value is -2.08. The molecule has 1 N–H and O–H groups in total. The number of fused-ring (bicyclic) bond motifs is 1. The van der Waals surface area contributed by atoms with E-state index in [0.29, 0.717) is 28.2 Å². The number of amides is 1. The molecule has 23 heavy (non-hydrogen) atoms. The Kier molecular flexibility index (Phi) is 4.94. The Morgan fingerprint density at radius 3 is 2.70 bits per heavy atom. The average Bonchev–Trinajstić information content (AvgIpc) is 2.80. The van der Waals surface area contributed by atoms with E-state index in [1.165, 1.54) is 10.7 Å². The molecule has 0 aliphatic carbocycles. The molecule has 0 atom stereocenters. The molecule has 124 valence electrons. The Bertz CT molecular complexity index is 747. The number of ether oxygens (including phenoxy) is 1. The average molecular weight is 338 g/mol. The van der Waals surface area contributed by atoms with Crippen molar-refractivity contribution in [1.82, 2.24) is 9.61 Å². The maximum atomic E-state index is 12.1. The van der Waals surface area contributed by atoms with Gasteiger partial charge in [0.2, 0.25) is 0 Å². The van der Waals surface area contributed by atoms with E-state index in [2.05, 4.69) is 10.4 Å². The number of anilines is 1. The SMILES string of the molecule is CCCC(=O)c1cnn2cc(Cl)c(NC(=O)OC(C)(C)C)cc12. The highest BCUT2D eigenvalue weighted by Gasteiger charge is 2.19. The van der Waals surface area contributed by atoms with Crippen LogP contribution in [0.5, 0.6) is 0 Å². The van der Waals surface area contributed by atoms with Gasteiger partial charge >= 0.3 is 6.09 Å². The van der Waals surface area contributed by atoms with Gasteiger partial charge in [0.25, 0.3) is 0 Å². The molecular weight excluding hydrogens is 318 g/mol. The van der Waals surface area contributed by atoms with E-state index in [1.54, 1.807) is 33.0 Å². The highest BCUT2D eigenvalue weighted by atomic mass is 35.5. The van der Waals surface area contributed by atoms with E-state index in [9.17, 15) is 9.59 Å². The van der Waals surface area contributed by atoms with E-state index in [0.717, 1.165) is 6.42 Å². The molecular formula is C16H20ClN3O3. The monoisotopic (exact) mass is 337 g/mol. The highest BCUT2D eigenvalue weighted by molar-refractivity contribution is 6.33. The van der Waals surface area contributed by atoms with Gasteiger partial charge in [-0.1, -0.05) is 18.5 Å². The van der Waals surface area contributed by atoms with Crippen LogP contribution in [-0.2, 0) is 4.74 Å². The number of aromatic nitrogens is 2. The zero-order chi connectivity index (χ0) is 17.2. The lowest BCUT2D eigenvalue weighted by molar-refractivity contribution is 0.0635. The number of pyridine rings is 1. The maximum absolute atomic E-state index is 12.1. The molecule has 0 aliphatic rings.